The Morgan fingerprint density at radius 2 is 1.76 bits per heavy atom. The molecule has 16 heteroatoms. The van der Waals surface area contributed by atoms with Gasteiger partial charge in [0.2, 0.25) is 11.8 Å². The second-order valence-electron chi connectivity index (χ2n) is 18.1. The molecular weight excluding hydrogens is 761 g/mol. The minimum Gasteiger partial charge on any atom is -0.387 e. The fourth-order valence-corrected chi connectivity index (χ4v) is 9.11. The molecule has 5 heterocycles. The molecule has 16 nitrogen and oxygen atoms in total. The molecule has 0 spiro atoms. The molecule has 0 saturated carbocycles. The van der Waals surface area contributed by atoms with Gasteiger partial charge in [0, 0.05) is 76.8 Å². The van der Waals surface area contributed by atoms with Gasteiger partial charge in [-0.3, -0.25) is 9.59 Å². The number of ether oxygens (including phenoxy) is 5. The fourth-order valence-electron chi connectivity index (χ4n) is 9.11. The van der Waals surface area contributed by atoms with E-state index in [1.54, 1.807) is 52.2 Å². The molecule has 330 valence electrons. The van der Waals surface area contributed by atoms with Gasteiger partial charge in [-0.1, -0.05) is 32.6 Å². The Hall–Kier alpha value is -3.24. The van der Waals surface area contributed by atoms with E-state index in [0.29, 0.717) is 24.0 Å². The molecule has 0 aliphatic carbocycles. The highest BCUT2D eigenvalue weighted by molar-refractivity contribution is 5.81. The first-order chi connectivity index (χ1) is 27.6. The lowest BCUT2D eigenvalue weighted by atomic mass is 9.77. The van der Waals surface area contributed by atoms with Crippen LogP contribution in [0, 0.1) is 29.6 Å². The average molecular weight is 829 g/mol. The highest BCUT2D eigenvalue weighted by Gasteiger charge is 2.51. The number of aromatic nitrogens is 3. The van der Waals surface area contributed by atoms with E-state index in [2.05, 4.69) is 27.1 Å². The van der Waals surface area contributed by atoms with Gasteiger partial charge in [0.15, 0.2) is 18.2 Å². The summed E-state index contributed by atoms with van der Waals surface area (Å²) in [6.07, 6.45) is -2.48. The smallest absolute Gasteiger partial charge is 0.225 e. The number of aliphatic hydroxyl groups excluding tert-OH is 2. The summed E-state index contributed by atoms with van der Waals surface area (Å²) >= 11 is 0. The largest absolute Gasteiger partial charge is 0.387 e. The maximum Gasteiger partial charge on any atom is 0.225 e. The Morgan fingerprint density at radius 3 is 2.44 bits per heavy atom. The van der Waals surface area contributed by atoms with Crippen molar-refractivity contribution in [2.45, 2.75) is 153 Å². The maximum absolute atomic E-state index is 14.5. The molecule has 15 atom stereocenters. The molecule has 3 saturated heterocycles. The van der Waals surface area contributed by atoms with Crippen LogP contribution in [-0.2, 0) is 40.3 Å². The predicted octanol–water partition coefficient (Wildman–Crippen LogP) is 2.20. The van der Waals surface area contributed by atoms with Gasteiger partial charge in [0.05, 0.1) is 47.9 Å². The molecule has 3 aliphatic heterocycles. The average Bonchev–Trinajstić information content (AvgIpc) is 3.53. The molecule has 5 rings (SSSR count). The molecule has 2 aromatic rings. The lowest BCUT2D eigenvalue weighted by Crippen LogP contribution is -2.61. The Balaban J connectivity index is 1.52. The molecular formula is C43H68N6O10. The summed E-state index contributed by atoms with van der Waals surface area (Å²) < 4.78 is 33.6. The second kappa shape index (κ2) is 19.2. The highest BCUT2D eigenvalue weighted by Crippen LogP contribution is 2.39. The van der Waals surface area contributed by atoms with Crippen LogP contribution in [0.3, 0.4) is 0 Å². The number of amides is 2. The highest BCUT2D eigenvalue weighted by atomic mass is 16.7. The van der Waals surface area contributed by atoms with Crippen LogP contribution in [-0.4, -0.2) is 159 Å². The lowest BCUT2D eigenvalue weighted by Gasteiger charge is -2.49. The fraction of sp³-hybridized carbons (Fsp3) is 0.767. The summed E-state index contributed by atoms with van der Waals surface area (Å²) in [5.41, 5.74) is -0.482. The second-order valence-corrected chi connectivity index (χ2v) is 18.1. The number of carbonyl (C=O) groups excluding carboxylic acids is 2. The number of likely N-dealkylation sites (N-methyl/N-ethyl adjacent to an activating group) is 1. The van der Waals surface area contributed by atoms with E-state index in [4.69, 9.17) is 23.7 Å². The lowest BCUT2D eigenvalue weighted by molar-refractivity contribution is -0.317. The van der Waals surface area contributed by atoms with Gasteiger partial charge in [-0.2, -0.15) is 0 Å². The van der Waals surface area contributed by atoms with Crippen molar-refractivity contribution in [3.05, 3.63) is 24.2 Å². The van der Waals surface area contributed by atoms with Crippen molar-refractivity contribution in [2.75, 3.05) is 34.8 Å². The Kier molecular flexibility index (Phi) is 15.2. The van der Waals surface area contributed by atoms with E-state index in [1.807, 2.05) is 57.4 Å². The van der Waals surface area contributed by atoms with Crippen molar-refractivity contribution >= 4 is 23.0 Å². The van der Waals surface area contributed by atoms with E-state index < -0.39 is 78.1 Å². The summed E-state index contributed by atoms with van der Waals surface area (Å²) in [6, 6.07) is 0.916. The van der Waals surface area contributed by atoms with Crippen LogP contribution < -0.4 is 5.32 Å². The zero-order chi connectivity index (χ0) is 43.6. The number of rotatable bonds is 7. The predicted molar refractivity (Wildman–Crippen MR) is 219 cm³/mol. The normalized spacial score (nSPS) is 39.4. The van der Waals surface area contributed by atoms with Gasteiger partial charge in [0.1, 0.15) is 17.7 Å². The van der Waals surface area contributed by atoms with Crippen molar-refractivity contribution in [3.63, 3.8) is 0 Å². The van der Waals surface area contributed by atoms with E-state index in [1.165, 1.54) is 7.11 Å². The molecule has 59 heavy (non-hydrogen) atoms. The Morgan fingerprint density at radius 1 is 1.05 bits per heavy atom. The minimum atomic E-state index is -1.56. The van der Waals surface area contributed by atoms with Crippen LogP contribution >= 0.6 is 0 Å². The number of imidazole rings is 1. The van der Waals surface area contributed by atoms with Crippen molar-refractivity contribution in [1.29, 1.82) is 0 Å². The summed E-state index contributed by atoms with van der Waals surface area (Å²) in [7, 11) is 8.88. The van der Waals surface area contributed by atoms with Gasteiger partial charge in [-0.25, -0.2) is 9.97 Å². The Labute approximate surface area is 349 Å². The number of hydrogen-bond donors (Lipinski definition) is 4. The quantitative estimate of drug-likeness (QED) is 0.298. The van der Waals surface area contributed by atoms with Gasteiger partial charge in [-0.05, 0) is 66.6 Å². The van der Waals surface area contributed by atoms with Gasteiger partial charge >= 0.3 is 0 Å². The van der Waals surface area contributed by atoms with E-state index in [9.17, 15) is 24.9 Å². The minimum absolute atomic E-state index is 0.00738. The van der Waals surface area contributed by atoms with Crippen LogP contribution in [0.5, 0.6) is 0 Å². The number of fused-ring (bicyclic) bond motifs is 1. The number of carbonyl (C=O) groups is 2. The summed E-state index contributed by atoms with van der Waals surface area (Å²) in [4.78, 5) is 40.7. The SMILES string of the molecule is CO[C@]1(C)C[C@H](O[C@H]2[C@H](C)[C@@H](O[C@@H]3O[C@H](C)C[C@H](N(C)C)[C@H]3O)[C@](C)(O)C[C@@H](C)CN(C)C(=O)C[C@@H](CC#Cc3cnc4c(c3)ncn4C)NC(=O)[C@@H]2C)O[C@@H](C)[C@@H]1O. The molecule has 4 N–H and O–H groups in total. The van der Waals surface area contributed by atoms with Crippen LogP contribution in [0.2, 0.25) is 0 Å². The third-order valence-corrected chi connectivity index (χ3v) is 12.5. The summed E-state index contributed by atoms with van der Waals surface area (Å²) in [5, 5.41) is 38.2. The molecule has 0 radical (unpaired) electrons. The zero-order valence-corrected chi connectivity index (χ0v) is 36.9. The van der Waals surface area contributed by atoms with Crippen LogP contribution in [0.4, 0.5) is 0 Å². The van der Waals surface area contributed by atoms with Gasteiger partial charge in [0.25, 0.3) is 0 Å². The molecule has 0 aromatic carbocycles. The Bertz CT molecular complexity index is 1810. The number of nitrogens with one attached hydrogen (secondary N) is 1. The number of hydrogen-bond acceptors (Lipinski definition) is 13. The van der Waals surface area contributed by atoms with E-state index >= 15 is 0 Å². The van der Waals surface area contributed by atoms with Crippen LogP contribution in [0.1, 0.15) is 86.1 Å². The molecule has 0 bridgehead atoms. The molecule has 2 aromatic heterocycles. The third-order valence-electron chi connectivity index (χ3n) is 12.5. The first-order valence-corrected chi connectivity index (χ1v) is 20.9. The number of aryl methyl sites for hydroxylation is 1. The first-order valence-electron chi connectivity index (χ1n) is 20.9. The van der Waals surface area contributed by atoms with Crippen molar-refractivity contribution in [2.24, 2.45) is 24.8 Å². The number of methoxy groups -OCH3 is 1. The molecule has 3 fully saturated rings. The van der Waals surface area contributed by atoms with Crippen LogP contribution in [0.25, 0.3) is 11.2 Å². The topological polar surface area (TPSA) is 190 Å². The summed E-state index contributed by atoms with van der Waals surface area (Å²) in [5.74, 6) is 3.89. The number of nitrogens with zero attached hydrogens (tertiary/aromatic N) is 5. The van der Waals surface area contributed by atoms with Crippen molar-refractivity contribution in [3.8, 4) is 11.8 Å². The number of pyridine rings is 1. The molecule has 0 unspecified atom stereocenters. The van der Waals surface area contributed by atoms with E-state index in [-0.39, 0.29) is 49.7 Å². The van der Waals surface area contributed by atoms with Gasteiger partial charge in [-0.15, -0.1) is 0 Å². The standard InChI is InChI=1S/C43H68N6O10/c1-24-19-42(6,54)38(59-41-35(51)32(47(8)9)16-25(2)56-41)26(3)36(58-34-20-43(7,55-12)37(52)28(5)57-34)27(4)40(53)46-30(18-33(50)48(10)22-24)15-13-14-29-17-31-39(44-21-29)49(11)23-45-31/h17,21,23-28,30,32,34-38,41,51-52,54H,15-16,18-20,22H2,1-12H3,(H,46,53)/t24-,25-,26+,27-,28+,30-,32+,34+,35-,36+,37+,38-,41+,42-,43-/m1/s1. The zero-order valence-electron chi connectivity index (χ0n) is 36.9. The third kappa shape index (κ3) is 11.0. The molecule has 2 amide bonds. The van der Waals surface area contributed by atoms with Crippen molar-refractivity contribution < 1.29 is 48.6 Å². The van der Waals surface area contributed by atoms with E-state index in [0.717, 1.165) is 5.65 Å². The van der Waals surface area contributed by atoms with Crippen LogP contribution in [0.15, 0.2) is 18.6 Å². The summed E-state index contributed by atoms with van der Waals surface area (Å²) in [6.45, 7) is 13.0. The number of aliphatic hydroxyl groups is 3. The first kappa shape index (κ1) is 46.8. The molecule has 3 aliphatic rings. The van der Waals surface area contributed by atoms with Gasteiger partial charge < -0.3 is 58.7 Å². The monoisotopic (exact) mass is 828 g/mol. The maximum atomic E-state index is 14.5. The van der Waals surface area contributed by atoms with Crippen molar-refractivity contribution in [1.82, 2.24) is 29.7 Å².